The molecule has 2 aromatic rings. The Morgan fingerprint density at radius 1 is 1.15 bits per heavy atom. The zero-order chi connectivity index (χ0) is 18.5. The van der Waals surface area contributed by atoms with Crippen LogP contribution in [0.2, 0.25) is 5.02 Å². The number of benzene rings is 2. The lowest BCUT2D eigenvalue weighted by molar-refractivity contribution is 0.0712. The van der Waals surface area contributed by atoms with Crippen LogP contribution in [-0.4, -0.2) is 41.9 Å². The number of hydrazine groups is 1. The number of amides is 1. The zero-order valence-corrected chi connectivity index (χ0v) is 15.7. The molecule has 1 unspecified atom stereocenters. The molecule has 1 fully saturated rings. The Labute approximate surface area is 159 Å². The molecule has 0 saturated carbocycles. The second-order valence-corrected chi connectivity index (χ2v) is 7.04. The zero-order valence-electron chi connectivity index (χ0n) is 15.0. The van der Waals surface area contributed by atoms with Crippen LogP contribution >= 0.6 is 11.6 Å². The minimum atomic E-state index is -0.271. The number of nitrogens with one attached hydrogen (secondary N) is 1. The fourth-order valence-corrected chi connectivity index (χ4v) is 3.56. The molecule has 1 saturated heterocycles. The van der Waals surface area contributed by atoms with Gasteiger partial charge in [0.05, 0.1) is 0 Å². The average Bonchev–Trinajstić information content (AvgIpc) is 2.69. The number of hydrogen-bond donors (Lipinski definition) is 2. The van der Waals surface area contributed by atoms with Gasteiger partial charge in [-0.1, -0.05) is 42.8 Å². The smallest absolute Gasteiger partial charge is 0.265 e. The van der Waals surface area contributed by atoms with Crippen LogP contribution in [0.4, 0.5) is 0 Å². The summed E-state index contributed by atoms with van der Waals surface area (Å²) in [5.74, 6) is 4.92. The Balaban J connectivity index is 1.77. The van der Waals surface area contributed by atoms with E-state index in [1.807, 2.05) is 36.4 Å². The Morgan fingerprint density at radius 3 is 2.46 bits per heavy atom. The summed E-state index contributed by atoms with van der Waals surface area (Å²) in [6.45, 7) is 7.18. The van der Waals surface area contributed by atoms with Crippen LogP contribution in [0.5, 0.6) is 0 Å². The molecule has 1 heterocycles. The van der Waals surface area contributed by atoms with E-state index in [1.165, 1.54) is 11.1 Å². The first-order chi connectivity index (χ1) is 12.6. The minimum Gasteiger partial charge on any atom is -0.300 e. The Hall–Kier alpha value is -1.92. The predicted molar refractivity (Wildman–Crippen MR) is 105 cm³/mol. The van der Waals surface area contributed by atoms with Crippen molar-refractivity contribution in [3.8, 4) is 0 Å². The van der Waals surface area contributed by atoms with E-state index in [-0.39, 0.29) is 5.91 Å². The highest BCUT2D eigenvalue weighted by Gasteiger charge is 2.27. The van der Waals surface area contributed by atoms with Gasteiger partial charge in [0, 0.05) is 42.8 Å². The quantitative estimate of drug-likeness (QED) is 0.481. The number of hydrogen-bond acceptors (Lipinski definition) is 4. The second-order valence-electron chi connectivity index (χ2n) is 6.60. The number of carbonyl (C=O) groups is 1. The van der Waals surface area contributed by atoms with Gasteiger partial charge in [-0.15, -0.1) is 0 Å². The second kappa shape index (κ2) is 8.64. The van der Waals surface area contributed by atoms with Crippen molar-refractivity contribution in [3.63, 3.8) is 0 Å². The third kappa shape index (κ3) is 4.43. The molecule has 138 valence electrons. The summed E-state index contributed by atoms with van der Waals surface area (Å²) in [5.41, 5.74) is 5.20. The molecule has 26 heavy (non-hydrogen) atoms. The van der Waals surface area contributed by atoms with Gasteiger partial charge in [-0.2, -0.15) is 0 Å². The fourth-order valence-electron chi connectivity index (χ4n) is 3.43. The number of carbonyl (C=O) groups excluding carboxylic acids is 1. The molecule has 3 rings (SSSR count). The minimum absolute atomic E-state index is 0.271. The number of nitrogens with zero attached hydrogens (tertiary/aromatic N) is 2. The molecule has 1 atom stereocenters. The molecule has 0 aliphatic carbocycles. The van der Waals surface area contributed by atoms with E-state index in [0.29, 0.717) is 11.6 Å². The number of nitrogen functional groups attached to an aromatic ring is 1. The van der Waals surface area contributed by atoms with Gasteiger partial charge in [0.15, 0.2) is 0 Å². The first-order valence-electron chi connectivity index (χ1n) is 8.92. The van der Waals surface area contributed by atoms with Gasteiger partial charge in [-0.3, -0.25) is 15.1 Å². The molecule has 0 aromatic heterocycles. The molecule has 1 aliphatic heterocycles. The maximum absolute atomic E-state index is 11.6. The number of rotatable bonds is 5. The van der Waals surface area contributed by atoms with Crippen molar-refractivity contribution in [1.82, 2.24) is 15.2 Å². The number of halogens is 1. The van der Waals surface area contributed by atoms with E-state index in [1.54, 1.807) is 0 Å². The van der Waals surface area contributed by atoms with Crippen LogP contribution in [-0.2, 0) is 6.54 Å². The maximum atomic E-state index is 11.6. The number of piperazine rings is 1. The van der Waals surface area contributed by atoms with Gasteiger partial charge in [-0.25, -0.2) is 5.84 Å². The molecule has 2 aromatic carbocycles. The van der Waals surface area contributed by atoms with Gasteiger partial charge in [0.1, 0.15) is 0 Å². The van der Waals surface area contributed by atoms with E-state index >= 15 is 0 Å². The molecule has 0 spiro atoms. The van der Waals surface area contributed by atoms with Crippen LogP contribution < -0.4 is 11.3 Å². The molecule has 3 N–H and O–H groups in total. The number of likely N-dealkylation sites (N-methyl/N-ethyl adjacent to an activating group) is 1. The van der Waals surface area contributed by atoms with E-state index in [2.05, 4.69) is 34.3 Å². The molecule has 0 bridgehead atoms. The molecule has 1 amide bonds. The van der Waals surface area contributed by atoms with Crippen molar-refractivity contribution < 1.29 is 4.79 Å². The molecule has 0 radical (unpaired) electrons. The van der Waals surface area contributed by atoms with Gasteiger partial charge >= 0.3 is 0 Å². The Bertz CT molecular complexity index is 732. The van der Waals surface area contributed by atoms with Crippen molar-refractivity contribution >= 4 is 17.5 Å². The van der Waals surface area contributed by atoms with Gasteiger partial charge in [0.25, 0.3) is 5.91 Å². The lowest BCUT2D eigenvalue weighted by Crippen LogP contribution is -2.47. The molecule has 1 aliphatic rings. The molecular weight excluding hydrogens is 348 g/mol. The van der Waals surface area contributed by atoms with Crippen LogP contribution in [0.1, 0.15) is 34.5 Å². The average molecular weight is 373 g/mol. The highest BCUT2D eigenvalue weighted by atomic mass is 35.5. The third-order valence-electron chi connectivity index (χ3n) is 5.01. The largest absolute Gasteiger partial charge is 0.300 e. The normalized spacial score (nSPS) is 18.7. The van der Waals surface area contributed by atoms with Gasteiger partial charge < -0.3 is 4.90 Å². The van der Waals surface area contributed by atoms with E-state index < -0.39 is 0 Å². The van der Waals surface area contributed by atoms with E-state index in [0.717, 1.165) is 37.7 Å². The number of nitrogens with two attached hydrogens (primary N) is 1. The molecule has 6 heteroatoms. The van der Waals surface area contributed by atoms with Crippen molar-refractivity contribution in [2.45, 2.75) is 19.5 Å². The summed E-state index contributed by atoms with van der Waals surface area (Å²) in [7, 11) is 0. The van der Waals surface area contributed by atoms with Crippen LogP contribution in [0.15, 0.2) is 48.5 Å². The highest BCUT2D eigenvalue weighted by Crippen LogP contribution is 2.28. The fraction of sp³-hybridized carbons (Fsp3) is 0.350. The summed E-state index contributed by atoms with van der Waals surface area (Å²) < 4.78 is 0. The van der Waals surface area contributed by atoms with E-state index in [4.69, 9.17) is 17.4 Å². The van der Waals surface area contributed by atoms with Crippen molar-refractivity contribution in [2.75, 3.05) is 26.2 Å². The van der Waals surface area contributed by atoms with Crippen LogP contribution in [0.3, 0.4) is 0 Å². The maximum Gasteiger partial charge on any atom is 0.265 e. The Morgan fingerprint density at radius 2 is 1.85 bits per heavy atom. The topological polar surface area (TPSA) is 61.6 Å². The molecule has 5 nitrogen and oxygen atoms in total. The third-order valence-corrected chi connectivity index (χ3v) is 5.26. The standard InChI is InChI=1S/C20H25ClN4O/c1-2-24-11-12-25(19(14-24)16-7-9-18(21)10-8-16)13-15-3-5-17(6-4-15)20(26)23-22/h3-10,19H,2,11-14,22H2,1H3,(H,23,26). The monoisotopic (exact) mass is 372 g/mol. The summed E-state index contributed by atoms with van der Waals surface area (Å²) in [4.78, 5) is 16.6. The summed E-state index contributed by atoms with van der Waals surface area (Å²) >= 11 is 6.06. The van der Waals surface area contributed by atoms with Crippen molar-refractivity contribution in [1.29, 1.82) is 0 Å². The predicted octanol–water partition coefficient (Wildman–Crippen LogP) is 2.82. The van der Waals surface area contributed by atoms with Crippen LogP contribution in [0.25, 0.3) is 0 Å². The molecular formula is C20H25ClN4O. The van der Waals surface area contributed by atoms with Crippen molar-refractivity contribution in [2.24, 2.45) is 5.84 Å². The van der Waals surface area contributed by atoms with Gasteiger partial charge in [0.2, 0.25) is 0 Å². The van der Waals surface area contributed by atoms with Crippen molar-refractivity contribution in [3.05, 3.63) is 70.2 Å². The first kappa shape index (κ1) is 18.9. The van der Waals surface area contributed by atoms with Crippen LogP contribution in [0, 0.1) is 0 Å². The summed E-state index contributed by atoms with van der Waals surface area (Å²) in [5, 5.41) is 0.761. The van der Waals surface area contributed by atoms with Gasteiger partial charge in [-0.05, 0) is 41.9 Å². The summed E-state index contributed by atoms with van der Waals surface area (Å²) in [6.07, 6.45) is 0. The lowest BCUT2D eigenvalue weighted by Gasteiger charge is -2.41. The SMILES string of the molecule is CCN1CCN(Cc2ccc(C(=O)NN)cc2)C(c2ccc(Cl)cc2)C1. The van der Waals surface area contributed by atoms with E-state index in [9.17, 15) is 4.79 Å². The lowest BCUT2D eigenvalue weighted by atomic mass is 10.0. The summed E-state index contributed by atoms with van der Waals surface area (Å²) in [6, 6.07) is 16.1. The first-order valence-corrected chi connectivity index (χ1v) is 9.30. The highest BCUT2D eigenvalue weighted by molar-refractivity contribution is 6.30. The Kier molecular flexibility index (Phi) is 6.27.